The van der Waals surface area contributed by atoms with E-state index in [-0.39, 0.29) is 5.91 Å². The molecule has 1 fully saturated rings. The van der Waals surface area contributed by atoms with Gasteiger partial charge in [-0.3, -0.25) is 4.79 Å². The molecule has 0 radical (unpaired) electrons. The van der Waals surface area contributed by atoms with Gasteiger partial charge < -0.3 is 14.8 Å². The summed E-state index contributed by atoms with van der Waals surface area (Å²) < 4.78 is 1.99. The lowest BCUT2D eigenvalue weighted by atomic mass is 10.1. The number of aromatic nitrogens is 2. The van der Waals surface area contributed by atoms with Crippen LogP contribution in [-0.2, 0) is 11.3 Å². The molecule has 0 spiro atoms. The molecule has 3 aromatic rings. The summed E-state index contributed by atoms with van der Waals surface area (Å²) in [6, 6.07) is 12.4. The maximum atomic E-state index is 12.5. The number of nitrogens with one attached hydrogen (secondary N) is 1. The Morgan fingerprint density at radius 2 is 1.87 bits per heavy atom. The lowest BCUT2D eigenvalue weighted by molar-refractivity contribution is -0.121. The molecule has 5 nitrogen and oxygen atoms in total. The highest BCUT2D eigenvalue weighted by Crippen LogP contribution is 2.29. The number of nitrogens with zero attached hydrogens (tertiary/aromatic N) is 3. The zero-order valence-corrected chi connectivity index (χ0v) is 18.5. The van der Waals surface area contributed by atoms with E-state index in [4.69, 9.17) is 4.98 Å². The van der Waals surface area contributed by atoms with Crippen LogP contribution in [0.25, 0.3) is 22.0 Å². The highest BCUT2D eigenvalue weighted by atomic mass is 32.1. The third-order valence-electron chi connectivity index (χ3n) is 5.66. The number of hydrogen-bond acceptors (Lipinski definition) is 4. The standard InChI is InChI=1S/C24H30N4OS/c1-19-8-10-20(11-9-19)21-18-30-24(26-21)22-7-6-15-28(22)17-23(29)25-12-16-27-13-4-2-3-5-14-27/h6-11,15,18H,2-5,12-14,16-17H2,1H3,(H,25,29). The summed E-state index contributed by atoms with van der Waals surface area (Å²) in [5, 5.41) is 6.11. The maximum absolute atomic E-state index is 12.5. The molecule has 0 atom stereocenters. The monoisotopic (exact) mass is 422 g/mol. The van der Waals surface area contributed by atoms with E-state index >= 15 is 0 Å². The molecule has 1 saturated heterocycles. The second-order valence-corrected chi connectivity index (χ2v) is 8.89. The molecule has 2 aromatic heterocycles. The second-order valence-electron chi connectivity index (χ2n) is 8.03. The van der Waals surface area contributed by atoms with E-state index in [2.05, 4.69) is 46.8 Å². The van der Waals surface area contributed by atoms with Crippen LogP contribution in [-0.4, -0.2) is 46.5 Å². The molecule has 158 valence electrons. The number of benzene rings is 1. The van der Waals surface area contributed by atoms with Crippen molar-refractivity contribution < 1.29 is 4.79 Å². The van der Waals surface area contributed by atoms with Crippen LogP contribution in [0.3, 0.4) is 0 Å². The topological polar surface area (TPSA) is 50.2 Å². The minimum atomic E-state index is 0.0533. The highest BCUT2D eigenvalue weighted by Gasteiger charge is 2.13. The van der Waals surface area contributed by atoms with Crippen LogP contribution in [0.5, 0.6) is 0 Å². The van der Waals surface area contributed by atoms with Crippen molar-refractivity contribution in [3.63, 3.8) is 0 Å². The molecule has 1 N–H and O–H groups in total. The SMILES string of the molecule is Cc1ccc(-c2csc(-c3cccn3CC(=O)NCCN3CCCCCC3)n2)cc1. The summed E-state index contributed by atoms with van der Waals surface area (Å²) in [4.78, 5) is 19.8. The van der Waals surface area contributed by atoms with Crippen LogP contribution >= 0.6 is 11.3 Å². The van der Waals surface area contributed by atoms with Gasteiger partial charge in [-0.2, -0.15) is 0 Å². The van der Waals surface area contributed by atoms with Crippen LogP contribution in [0, 0.1) is 6.92 Å². The molecule has 1 amide bonds. The van der Waals surface area contributed by atoms with E-state index in [1.807, 2.05) is 22.9 Å². The van der Waals surface area contributed by atoms with Crippen molar-refractivity contribution in [2.24, 2.45) is 0 Å². The fourth-order valence-corrected chi connectivity index (χ4v) is 4.79. The highest BCUT2D eigenvalue weighted by molar-refractivity contribution is 7.13. The molecule has 3 heterocycles. The Morgan fingerprint density at radius 3 is 2.63 bits per heavy atom. The first-order valence-corrected chi connectivity index (χ1v) is 11.7. The quantitative estimate of drug-likeness (QED) is 0.606. The van der Waals surface area contributed by atoms with Crippen molar-refractivity contribution in [2.75, 3.05) is 26.2 Å². The Balaban J connectivity index is 1.34. The van der Waals surface area contributed by atoms with E-state index in [1.165, 1.54) is 31.2 Å². The van der Waals surface area contributed by atoms with Crippen LogP contribution < -0.4 is 5.32 Å². The van der Waals surface area contributed by atoms with Crippen molar-refractivity contribution in [3.8, 4) is 22.0 Å². The molecule has 4 rings (SSSR count). The van der Waals surface area contributed by atoms with Crippen molar-refractivity contribution >= 4 is 17.2 Å². The van der Waals surface area contributed by atoms with Gasteiger partial charge in [-0.1, -0.05) is 42.7 Å². The third kappa shape index (κ3) is 5.37. The van der Waals surface area contributed by atoms with Gasteiger partial charge in [-0.15, -0.1) is 11.3 Å². The van der Waals surface area contributed by atoms with Gasteiger partial charge in [0.25, 0.3) is 0 Å². The van der Waals surface area contributed by atoms with Crippen molar-refractivity contribution in [2.45, 2.75) is 39.2 Å². The van der Waals surface area contributed by atoms with Crippen molar-refractivity contribution in [3.05, 3.63) is 53.5 Å². The van der Waals surface area contributed by atoms with Gasteiger partial charge in [0.05, 0.1) is 11.4 Å². The zero-order valence-electron chi connectivity index (χ0n) is 17.6. The lowest BCUT2D eigenvalue weighted by Gasteiger charge is -2.19. The van der Waals surface area contributed by atoms with Gasteiger partial charge in [0.1, 0.15) is 11.6 Å². The van der Waals surface area contributed by atoms with E-state index in [0.29, 0.717) is 13.1 Å². The fourth-order valence-electron chi connectivity index (χ4n) is 3.92. The fraction of sp³-hybridized carbons (Fsp3) is 0.417. The lowest BCUT2D eigenvalue weighted by Crippen LogP contribution is -2.36. The largest absolute Gasteiger partial charge is 0.353 e. The predicted octanol–water partition coefficient (Wildman–Crippen LogP) is 4.58. The summed E-state index contributed by atoms with van der Waals surface area (Å²) in [6.45, 7) is 6.38. The summed E-state index contributed by atoms with van der Waals surface area (Å²) >= 11 is 1.62. The first-order valence-electron chi connectivity index (χ1n) is 10.9. The Kier molecular flexibility index (Phi) is 6.97. The smallest absolute Gasteiger partial charge is 0.239 e. The first kappa shape index (κ1) is 20.8. The van der Waals surface area contributed by atoms with Gasteiger partial charge in [0, 0.05) is 30.2 Å². The van der Waals surface area contributed by atoms with Crippen LogP contribution in [0.4, 0.5) is 0 Å². The summed E-state index contributed by atoms with van der Waals surface area (Å²) in [5.74, 6) is 0.0533. The molecule has 0 bridgehead atoms. The van der Waals surface area contributed by atoms with E-state index < -0.39 is 0 Å². The Bertz CT molecular complexity index is 952. The van der Waals surface area contributed by atoms with Crippen molar-refractivity contribution in [1.82, 2.24) is 19.8 Å². The third-order valence-corrected chi connectivity index (χ3v) is 6.53. The number of hydrogen-bond donors (Lipinski definition) is 1. The first-order chi connectivity index (χ1) is 14.7. The molecule has 1 aliphatic rings. The Labute approximate surface area is 182 Å². The molecular weight excluding hydrogens is 392 g/mol. The number of aryl methyl sites for hydroxylation is 1. The molecular formula is C24H30N4OS. The Hall–Kier alpha value is -2.44. The maximum Gasteiger partial charge on any atom is 0.239 e. The number of carbonyl (C=O) groups is 1. The molecule has 1 aromatic carbocycles. The summed E-state index contributed by atoms with van der Waals surface area (Å²) in [5.41, 5.74) is 4.32. The summed E-state index contributed by atoms with van der Waals surface area (Å²) in [6.07, 6.45) is 7.18. The van der Waals surface area contributed by atoms with Crippen LogP contribution in [0.1, 0.15) is 31.2 Å². The van der Waals surface area contributed by atoms with Gasteiger partial charge in [-0.25, -0.2) is 4.98 Å². The van der Waals surface area contributed by atoms with Gasteiger partial charge in [-0.05, 0) is 45.0 Å². The average Bonchev–Trinajstić information content (AvgIpc) is 3.33. The van der Waals surface area contributed by atoms with Gasteiger partial charge >= 0.3 is 0 Å². The minimum absolute atomic E-state index is 0.0533. The minimum Gasteiger partial charge on any atom is -0.353 e. The normalized spacial score (nSPS) is 15.1. The molecule has 0 saturated carbocycles. The predicted molar refractivity (Wildman–Crippen MR) is 124 cm³/mol. The number of amides is 1. The van der Waals surface area contributed by atoms with Gasteiger partial charge in [0.15, 0.2) is 0 Å². The molecule has 0 aliphatic carbocycles. The second kappa shape index (κ2) is 10.0. The van der Waals surface area contributed by atoms with Gasteiger partial charge in [0.2, 0.25) is 5.91 Å². The van der Waals surface area contributed by atoms with Crippen LogP contribution in [0.2, 0.25) is 0 Å². The number of carbonyl (C=O) groups excluding carboxylic acids is 1. The number of rotatable bonds is 7. The van der Waals surface area contributed by atoms with E-state index in [9.17, 15) is 4.79 Å². The van der Waals surface area contributed by atoms with Crippen molar-refractivity contribution in [1.29, 1.82) is 0 Å². The summed E-state index contributed by atoms with van der Waals surface area (Å²) in [7, 11) is 0. The van der Waals surface area contributed by atoms with Crippen LogP contribution in [0.15, 0.2) is 48.0 Å². The molecule has 0 unspecified atom stereocenters. The molecule has 30 heavy (non-hydrogen) atoms. The zero-order chi connectivity index (χ0) is 20.8. The molecule has 6 heteroatoms. The molecule has 1 aliphatic heterocycles. The number of thiazole rings is 1. The van der Waals surface area contributed by atoms with E-state index in [1.54, 1.807) is 11.3 Å². The number of likely N-dealkylation sites (tertiary alicyclic amines) is 1. The van der Waals surface area contributed by atoms with E-state index in [0.717, 1.165) is 41.6 Å². The average molecular weight is 423 g/mol. The Morgan fingerprint density at radius 1 is 1.10 bits per heavy atom.